The van der Waals surface area contributed by atoms with E-state index in [4.69, 9.17) is 9.47 Å². The summed E-state index contributed by atoms with van der Waals surface area (Å²) in [6.07, 6.45) is -1.68. The van der Waals surface area contributed by atoms with E-state index in [1.807, 2.05) is 0 Å². The molecule has 10 heteroatoms. The van der Waals surface area contributed by atoms with Crippen molar-refractivity contribution in [1.29, 1.82) is 0 Å². The van der Waals surface area contributed by atoms with Gasteiger partial charge in [-0.25, -0.2) is 13.8 Å². The largest absolute Gasteiger partial charge is 0.469 e. The summed E-state index contributed by atoms with van der Waals surface area (Å²) in [7, 11) is 1.17. The Balaban J connectivity index is 5.60. The van der Waals surface area contributed by atoms with Crippen LogP contribution in [0.3, 0.4) is 0 Å². The molecule has 0 bridgehead atoms. The Labute approximate surface area is 150 Å². The maximum absolute atomic E-state index is 12.4. The Morgan fingerprint density at radius 1 is 1.04 bits per heavy atom. The van der Waals surface area contributed by atoms with Gasteiger partial charge in [-0.3, -0.25) is 9.35 Å². The maximum atomic E-state index is 12.4. The minimum Gasteiger partial charge on any atom is -0.469 e. The first-order valence-corrected chi connectivity index (χ1v) is 8.67. The smallest absolute Gasteiger partial charge is 0.424 e. The van der Waals surface area contributed by atoms with Crippen molar-refractivity contribution in [2.24, 2.45) is 0 Å². The molecule has 1 N–H and O–H groups in total. The number of methoxy groups -OCH3 is 1. The summed E-state index contributed by atoms with van der Waals surface area (Å²) in [6.45, 7) is 9.53. The molecular weight excluding hydrogens is 354 g/mol. The van der Waals surface area contributed by atoms with Crippen molar-refractivity contribution >= 4 is 29.3 Å². The standard InChI is InChI=1S/C15H27NO8S/c1-14(2,3)23-12(18)10(8-9-11(17)22-7)16(25(20)21)13(19)24-15(4,5)6/h10H,8-9H2,1-7H3,(H,20,21)/t10-/m0/s1. The molecule has 1 unspecified atom stereocenters. The molecule has 25 heavy (non-hydrogen) atoms. The average Bonchev–Trinajstić information content (AvgIpc) is 2.37. The molecule has 0 aliphatic heterocycles. The van der Waals surface area contributed by atoms with Crippen molar-refractivity contribution < 1.29 is 37.4 Å². The lowest BCUT2D eigenvalue weighted by molar-refractivity contribution is -0.160. The SMILES string of the molecule is COC(=O)CC[C@@H](C(=O)OC(C)(C)C)N(C(=O)OC(C)(C)C)S(=O)O. The second-order valence-electron chi connectivity index (χ2n) is 7.20. The summed E-state index contributed by atoms with van der Waals surface area (Å²) < 4.78 is 36.3. The molecule has 0 saturated heterocycles. The van der Waals surface area contributed by atoms with Crippen LogP contribution >= 0.6 is 0 Å². The van der Waals surface area contributed by atoms with E-state index in [0.717, 1.165) is 0 Å². The zero-order valence-corrected chi connectivity index (χ0v) is 16.5. The van der Waals surface area contributed by atoms with Crippen molar-refractivity contribution in [3.63, 3.8) is 0 Å². The predicted molar refractivity (Wildman–Crippen MR) is 89.7 cm³/mol. The number of rotatable bonds is 6. The van der Waals surface area contributed by atoms with Crippen LogP contribution in [0.25, 0.3) is 0 Å². The minimum absolute atomic E-state index is 0.253. The lowest BCUT2D eigenvalue weighted by Crippen LogP contribution is -2.50. The van der Waals surface area contributed by atoms with Gasteiger partial charge in [-0.15, -0.1) is 0 Å². The topological polar surface area (TPSA) is 119 Å². The number of carbonyl (C=O) groups excluding carboxylic acids is 3. The van der Waals surface area contributed by atoms with Gasteiger partial charge < -0.3 is 14.2 Å². The highest BCUT2D eigenvalue weighted by Crippen LogP contribution is 2.20. The van der Waals surface area contributed by atoms with Crippen LogP contribution in [0.5, 0.6) is 0 Å². The van der Waals surface area contributed by atoms with E-state index in [-0.39, 0.29) is 12.8 Å². The number of amides is 1. The molecular formula is C15H27NO8S. The predicted octanol–water partition coefficient (Wildman–Crippen LogP) is 2.02. The van der Waals surface area contributed by atoms with Crippen molar-refractivity contribution in [2.75, 3.05) is 7.11 Å². The number of hydrogen-bond acceptors (Lipinski definition) is 7. The monoisotopic (exact) mass is 381 g/mol. The summed E-state index contributed by atoms with van der Waals surface area (Å²) in [6, 6.07) is -1.49. The molecule has 0 saturated carbocycles. The van der Waals surface area contributed by atoms with Gasteiger partial charge in [0, 0.05) is 6.42 Å². The van der Waals surface area contributed by atoms with Crippen LogP contribution in [0.2, 0.25) is 0 Å². The van der Waals surface area contributed by atoms with Gasteiger partial charge in [-0.1, -0.05) is 0 Å². The van der Waals surface area contributed by atoms with E-state index in [1.54, 1.807) is 41.5 Å². The second-order valence-corrected chi connectivity index (χ2v) is 8.06. The Bertz CT molecular complexity index is 521. The van der Waals surface area contributed by atoms with Gasteiger partial charge in [0.15, 0.2) is 0 Å². The third-order valence-corrected chi connectivity index (χ3v) is 3.29. The van der Waals surface area contributed by atoms with Gasteiger partial charge >= 0.3 is 18.0 Å². The van der Waals surface area contributed by atoms with Crippen LogP contribution < -0.4 is 0 Å². The fourth-order valence-corrected chi connectivity index (χ4v) is 2.24. The molecule has 0 heterocycles. The average molecular weight is 381 g/mol. The van der Waals surface area contributed by atoms with E-state index in [9.17, 15) is 23.1 Å². The first-order valence-electron chi connectivity index (χ1n) is 7.61. The quantitative estimate of drug-likeness (QED) is 0.421. The fourth-order valence-electron chi connectivity index (χ4n) is 1.66. The Morgan fingerprint density at radius 3 is 1.88 bits per heavy atom. The summed E-state index contributed by atoms with van der Waals surface area (Å²) in [5.41, 5.74) is -1.84. The second kappa shape index (κ2) is 9.14. The minimum atomic E-state index is -2.86. The molecule has 0 aromatic carbocycles. The number of ether oxygens (including phenoxy) is 3. The van der Waals surface area contributed by atoms with Crippen LogP contribution in [0, 0.1) is 0 Å². The highest BCUT2D eigenvalue weighted by Gasteiger charge is 2.39. The molecule has 1 amide bonds. The van der Waals surface area contributed by atoms with Gasteiger partial charge in [0.2, 0.25) is 0 Å². The molecule has 0 radical (unpaired) electrons. The normalized spacial score (nSPS) is 14.2. The molecule has 0 aromatic heterocycles. The van der Waals surface area contributed by atoms with Crippen molar-refractivity contribution in [2.45, 2.75) is 71.6 Å². The number of nitrogens with zero attached hydrogens (tertiary/aromatic N) is 1. The molecule has 0 aromatic rings. The van der Waals surface area contributed by atoms with Gasteiger partial charge in [0.25, 0.3) is 11.3 Å². The van der Waals surface area contributed by atoms with Gasteiger partial charge in [-0.2, -0.15) is 4.31 Å². The Kier molecular flexibility index (Phi) is 8.52. The summed E-state index contributed by atoms with van der Waals surface area (Å²) in [4.78, 5) is 36.0. The molecule has 0 spiro atoms. The fraction of sp³-hybridized carbons (Fsp3) is 0.800. The first-order chi connectivity index (χ1) is 11.2. The van der Waals surface area contributed by atoms with Crippen LogP contribution in [0.1, 0.15) is 54.4 Å². The lowest BCUT2D eigenvalue weighted by Gasteiger charge is -2.31. The van der Waals surface area contributed by atoms with Crippen molar-refractivity contribution in [3.8, 4) is 0 Å². The third-order valence-electron chi connectivity index (χ3n) is 2.55. The van der Waals surface area contributed by atoms with Gasteiger partial charge in [-0.05, 0) is 48.0 Å². The Morgan fingerprint density at radius 2 is 1.52 bits per heavy atom. The van der Waals surface area contributed by atoms with E-state index in [2.05, 4.69) is 4.74 Å². The zero-order chi connectivity index (χ0) is 20.0. The highest BCUT2D eigenvalue weighted by molar-refractivity contribution is 7.77. The molecule has 9 nitrogen and oxygen atoms in total. The van der Waals surface area contributed by atoms with E-state index >= 15 is 0 Å². The third kappa shape index (κ3) is 9.40. The molecule has 0 aliphatic carbocycles. The molecule has 0 aliphatic rings. The molecule has 146 valence electrons. The maximum Gasteiger partial charge on any atom is 0.424 e. The van der Waals surface area contributed by atoms with Gasteiger partial charge in [0.1, 0.15) is 17.2 Å². The van der Waals surface area contributed by atoms with Crippen molar-refractivity contribution in [3.05, 3.63) is 0 Å². The number of carbonyl (C=O) groups is 3. The van der Waals surface area contributed by atoms with Crippen LogP contribution in [0.15, 0.2) is 0 Å². The van der Waals surface area contributed by atoms with Crippen LogP contribution in [-0.2, 0) is 35.1 Å². The number of esters is 2. The molecule has 0 rings (SSSR count). The van der Waals surface area contributed by atoms with Gasteiger partial charge in [0.05, 0.1) is 7.11 Å². The van der Waals surface area contributed by atoms with E-state index in [1.165, 1.54) is 7.11 Å². The molecule has 2 atom stereocenters. The summed E-state index contributed by atoms with van der Waals surface area (Å²) in [5.74, 6) is -1.56. The Hall–Kier alpha value is -1.68. The van der Waals surface area contributed by atoms with E-state index < -0.39 is 46.5 Å². The van der Waals surface area contributed by atoms with Crippen molar-refractivity contribution in [1.82, 2.24) is 4.31 Å². The lowest BCUT2D eigenvalue weighted by atomic mass is 10.1. The number of hydrogen-bond donors (Lipinski definition) is 1. The molecule has 0 fully saturated rings. The van der Waals surface area contributed by atoms with Crippen LogP contribution in [0.4, 0.5) is 4.79 Å². The first kappa shape index (κ1) is 23.3. The summed E-state index contributed by atoms with van der Waals surface area (Å²) >= 11 is -2.86. The highest BCUT2D eigenvalue weighted by atomic mass is 32.2. The van der Waals surface area contributed by atoms with E-state index in [0.29, 0.717) is 4.31 Å². The van der Waals surface area contributed by atoms with Crippen LogP contribution in [-0.4, -0.2) is 55.5 Å². The summed E-state index contributed by atoms with van der Waals surface area (Å²) in [5, 5.41) is 0. The zero-order valence-electron chi connectivity index (χ0n) is 15.7.